The summed E-state index contributed by atoms with van der Waals surface area (Å²) in [4.78, 5) is 10.2. The molecule has 0 aromatic rings. The van der Waals surface area contributed by atoms with Crippen LogP contribution < -0.4 is 0 Å². The van der Waals surface area contributed by atoms with Crippen molar-refractivity contribution in [3.05, 3.63) is 12.2 Å². The van der Waals surface area contributed by atoms with Crippen LogP contribution >= 0.6 is 0 Å². The molecule has 1 fully saturated rings. The predicted octanol–water partition coefficient (Wildman–Crippen LogP) is 2.01. The SMILES string of the molecule is C=C(C)[C@H]1OOC(C)(OCC)O[C@@H]1C. The fourth-order valence-electron chi connectivity index (χ4n) is 1.44. The Bertz CT molecular complexity index is 216. The summed E-state index contributed by atoms with van der Waals surface area (Å²) in [6, 6.07) is 0. The van der Waals surface area contributed by atoms with E-state index in [1.807, 2.05) is 20.8 Å². The summed E-state index contributed by atoms with van der Waals surface area (Å²) in [5, 5.41) is 0. The molecule has 1 aliphatic rings. The maximum absolute atomic E-state index is 5.56. The third-order valence-corrected chi connectivity index (χ3v) is 2.02. The van der Waals surface area contributed by atoms with Crippen molar-refractivity contribution in [2.24, 2.45) is 0 Å². The summed E-state index contributed by atoms with van der Waals surface area (Å²) in [6.07, 6.45) is -0.360. The number of hydrogen-bond acceptors (Lipinski definition) is 4. The Morgan fingerprint density at radius 2 is 2.21 bits per heavy atom. The monoisotopic (exact) mass is 202 g/mol. The van der Waals surface area contributed by atoms with Crippen molar-refractivity contribution >= 4 is 0 Å². The summed E-state index contributed by atoms with van der Waals surface area (Å²) in [6.45, 7) is 11.6. The Hall–Kier alpha value is -0.420. The van der Waals surface area contributed by atoms with Crippen LogP contribution in [0.4, 0.5) is 0 Å². The van der Waals surface area contributed by atoms with Gasteiger partial charge in [0.2, 0.25) is 0 Å². The van der Waals surface area contributed by atoms with Crippen LogP contribution in [-0.2, 0) is 19.2 Å². The van der Waals surface area contributed by atoms with Crippen molar-refractivity contribution in [3.63, 3.8) is 0 Å². The van der Waals surface area contributed by atoms with Gasteiger partial charge in [0.25, 0.3) is 0 Å². The molecule has 1 saturated heterocycles. The van der Waals surface area contributed by atoms with Gasteiger partial charge in [-0.15, -0.1) is 0 Å². The lowest BCUT2D eigenvalue weighted by atomic mass is 10.1. The van der Waals surface area contributed by atoms with Crippen molar-refractivity contribution in [2.75, 3.05) is 6.61 Å². The normalized spacial score (nSPS) is 38.3. The second-order valence-corrected chi connectivity index (χ2v) is 3.56. The number of rotatable bonds is 3. The van der Waals surface area contributed by atoms with Crippen LogP contribution in [0.25, 0.3) is 0 Å². The van der Waals surface area contributed by atoms with Crippen LogP contribution in [0.1, 0.15) is 27.7 Å². The number of hydrogen-bond donors (Lipinski definition) is 0. The van der Waals surface area contributed by atoms with Gasteiger partial charge in [0.15, 0.2) is 0 Å². The van der Waals surface area contributed by atoms with Gasteiger partial charge in [0.1, 0.15) is 6.10 Å². The summed E-state index contributed by atoms with van der Waals surface area (Å²) < 4.78 is 10.8. The fourth-order valence-corrected chi connectivity index (χ4v) is 1.44. The Kier molecular flexibility index (Phi) is 3.66. The van der Waals surface area contributed by atoms with Crippen molar-refractivity contribution in [2.45, 2.75) is 45.9 Å². The summed E-state index contributed by atoms with van der Waals surface area (Å²) in [7, 11) is 0. The Morgan fingerprint density at radius 3 is 2.64 bits per heavy atom. The maximum atomic E-state index is 5.56. The molecule has 1 rings (SSSR count). The predicted molar refractivity (Wildman–Crippen MR) is 51.4 cm³/mol. The molecule has 0 aromatic heterocycles. The smallest absolute Gasteiger partial charge is 0.309 e. The van der Waals surface area contributed by atoms with E-state index in [9.17, 15) is 0 Å². The average molecular weight is 202 g/mol. The van der Waals surface area contributed by atoms with Gasteiger partial charge in [-0.25, -0.2) is 4.89 Å². The van der Waals surface area contributed by atoms with Crippen LogP contribution in [0.5, 0.6) is 0 Å². The molecule has 0 amide bonds. The van der Waals surface area contributed by atoms with E-state index in [-0.39, 0.29) is 12.2 Å². The molecule has 0 saturated carbocycles. The maximum Gasteiger partial charge on any atom is 0.309 e. The van der Waals surface area contributed by atoms with Crippen LogP contribution in [0.15, 0.2) is 12.2 Å². The van der Waals surface area contributed by atoms with E-state index in [1.54, 1.807) is 6.92 Å². The van der Waals surface area contributed by atoms with E-state index in [0.29, 0.717) is 6.61 Å². The molecule has 1 heterocycles. The van der Waals surface area contributed by atoms with Gasteiger partial charge in [-0.05, 0) is 26.3 Å². The molecule has 0 aliphatic carbocycles. The first kappa shape index (κ1) is 11.7. The highest BCUT2D eigenvalue weighted by molar-refractivity contribution is 5.01. The van der Waals surface area contributed by atoms with Crippen molar-refractivity contribution in [1.29, 1.82) is 0 Å². The van der Waals surface area contributed by atoms with Gasteiger partial charge in [-0.3, -0.25) is 0 Å². The van der Waals surface area contributed by atoms with Gasteiger partial charge in [0.05, 0.1) is 6.10 Å². The highest BCUT2D eigenvalue weighted by atomic mass is 17.3. The minimum absolute atomic E-state index is 0.127. The van der Waals surface area contributed by atoms with Gasteiger partial charge in [-0.2, -0.15) is 4.89 Å². The second kappa shape index (κ2) is 4.40. The molecule has 82 valence electrons. The van der Waals surface area contributed by atoms with Crippen molar-refractivity contribution < 1.29 is 19.2 Å². The molecule has 0 aromatic carbocycles. The Labute approximate surface area is 84.7 Å². The quantitative estimate of drug-likeness (QED) is 0.518. The lowest BCUT2D eigenvalue weighted by molar-refractivity contribution is -0.553. The molecule has 0 radical (unpaired) electrons. The van der Waals surface area contributed by atoms with E-state index in [4.69, 9.17) is 19.2 Å². The van der Waals surface area contributed by atoms with Crippen LogP contribution in [0, 0.1) is 0 Å². The van der Waals surface area contributed by atoms with Crippen LogP contribution in [-0.4, -0.2) is 24.8 Å². The summed E-state index contributed by atoms with van der Waals surface area (Å²) in [5.41, 5.74) is 0.871. The van der Waals surface area contributed by atoms with Crippen LogP contribution in [0.3, 0.4) is 0 Å². The third kappa shape index (κ3) is 2.54. The molecule has 4 heteroatoms. The highest BCUT2D eigenvalue weighted by Gasteiger charge is 2.40. The molecular weight excluding hydrogens is 184 g/mol. The molecule has 0 spiro atoms. The summed E-state index contributed by atoms with van der Waals surface area (Å²) in [5.74, 6) is -1.10. The molecule has 3 atom stereocenters. The standard InChI is InChI=1S/C10H18O4/c1-6-11-10(5)12-8(4)9(7(2)3)13-14-10/h8-9H,2,6H2,1,3-5H3/t8-,9-,10?/m1/s1. The molecule has 0 bridgehead atoms. The topological polar surface area (TPSA) is 36.9 Å². The zero-order valence-corrected chi connectivity index (χ0v) is 9.20. The van der Waals surface area contributed by atoms with Gasteiger partial charge < -0.3 is 9.47 Å². The molecule has 0 N–H and O–H groups in total. The first-order valence-electron chi connectivity index (χ1n) is 4.80. The van der Waals surface area contributed by atoms with E-state index in [1.165, 1.54) is 0 Å². The largest absolute Gasteiger partial charge is 0.326 e. The van der Waals surface area contributed by atoms with E-state index >= 15 is 0 Å². The van der Waals surface area contributed by atoms with E-state index in [2.05, 4.69) is 6.58 Å². The zero-order valence-electron chi connectivity index (χ0n) is 9.20. The van der Waals surface area contributed by atoms with Crippen LogP contribution in [0.2, 0.25) is 0 Å². The van der Waals surface area contributed by atoms with Gasteiger partial charge >= 0.3 is 5.97 Å². The molecule has 4 nitrogen and oxygen atoms in total. The van der Waals surface area contributed by atoms with Crippen molar-refractivity contribution in [3.8, 4) is 0 Å². The highest BCUT2D eigenvalue weighted by Crippen LogP contribution is 2.28. The first-order valence-corrected chi connectivity index (χ1v) is 4.80. The third-order valence-electron chi connectivity index (χ3n) is 2.02. The molecule has 1 aliphatic heterocycles. The van der Waals surface area contributed by atoms with Gasteiger partial charge in [0, 0.05) is 13.5 Å². The van der Waals surface area contributed by atoms with Gasteiger partial charge in [-0.1, -0.05) is 6.58 Å². The lowest BCUT2D eigenvalue weighted by Crippen LogP contribution is -2.49. The van der Waals surface area contributed by atoms with E-state index in [0.717, 1.165) is 5.57 Å². The molecule has 14 heavy (non-hydrogen) atoms. The van der Waals surface area contributed by atoms with E-state index < -0.39 is 5.97 Å². The minimum atomic E-state index is -1.10. The fraction of sp³-hybridized carbons (Fsp3) is 0.800. The molecule has 1 unspecified atom stereocenters. The average Bonchev–Trinajstić information content (AvgIpc) is 2.02. The number of ether oxygens (including phenoxy) is 2. The Morgan fingerprint density at radius 1 is 1.57 bits per heavy atom. The summed E-state index contributed by atoms with van der Waals surface area (Å²) >= 11 is 0. The lowest BCUT2D eigenvalue weighted by Gasteiger charge is -2.39. The Balaban J connectivity index is 2.58. The first-order chi connectivity index (χ1) is 6.48. The molecular formula is C10H18O4. The zero-order chi connectivity index (χ0) is 10.8. The minimum Gasteiger partial charge on any atom is -0.326 e. The van der Waals surface area contributed by atoms with Crippen molar-refractivity contribution in [1.82, 2.24) is 0 Å². The second-order valence-electron chi connectivity index (χ2n) is 3.56.